The van der Waals surface area contributed by atoms with Crippen LogP contribution in [0, 0.1) is 0 Å². The van der Waals surface area contributed by atoms with E-state index < -0.39 is 11.9 Å². The van der Waals surface area contributed by atoms with E-state index >= 15 is 0 Å². The molecule has 0 spiro atoms. The molecule has 5 N–H and O–H groups in total. The molecule has 2 aromatic heterocycles. The molecule has 0 radical (unpaired) electrons. The summed E-state index contributed by atoms with van der Waals surface area (Å²) in [6, 6.07) is 22.8. The minimum Gasteiger partial charge on any atom is -0.399 e. The number of hydrogen-bond acceptors (Lipinski definition) is 6. The number of halogens is 1. The van der Waals surface area contributed by atoms with Crippen LogP contribution in [0.4, 0.5) is 11.5 Å². The molecule has 8 nitrogen and oxygen atoms in total. The first-order valence-electron chi connectivity index (χ1n) is 11.5. The van der Waals surface area contributed by atoms with Crippen molar-refractivity contribution in [2.45, 2.75) is 13.0 Å². The zero-order chi connectivity index (χ0) is 26.1. The lowest BCUT2D eigenvalue weighted by Gasteiger charge is -2.21. The summed E-state index contributed by atoms with van der Waals surface area (Å²) in [6.45, 7) is 1.79. The van der Waals surface area contributed by atoms with E-state index in [4.69, 9.17) is 23.1 Å². The van der Waals surface area contributed by atoms with Gasteiger partial charge in [0.05, 0.1) is 28.3 Å². The molecule has 0 unspecified atom stereocenters. The second-order valence-electron chi connectivity index (χ2n) is 8.56. The third-order valence-corrected chi connectivity index (χ3v) is 6.34. The van der Waals surface area contributed by atoms with Crippen molar-refractivity contribution in [3.8, 4) is 16.9 Å². The highest BCUT2D eigenvalue weighted by Gasteiger charge is 2.22. The van der Waals surface area contributed by atoms with Gasteiger partial charge in [-0.05, 0) is 48.7 Å². The van der Waals surface area contributed by atoms with Gasteiger partial charge in [0.15, 0.2) is 11.5 Å². The molecular formula is C28H23ClN6O2. The molecule has 1 amide bonds. The topological polar surface area (TPSA) is 129 Å². The van der Waals surface area contributed by atoms with Gasteiger partial charge >= 0.3 is 0 Å². The number of pyridine rings is 1. The van der Waals surface area contributed by atoms with E-state index in [1.165, 1.54) is 6.20 Å². The van der Waals surface area contributed by atoms with Gasteiger partial charge in [0.25, 0.3) is 11.5 Å². The van der Waals surface area contributed by atoms with Gasteiger partial charge in [0, 0.05) is 22.6 Å². The van der Waals surface area contributed by atoms with E-state index in [2.05, 4.69) is 15.3 Å². The maximum atomic E-state index is 13.6. The number of carbonyl (C=O) groups excluding carboxylic acids is 1. The predicted octanol–water partition coefficient (Wildman–Crippen LogP) is 4.76. The zero-order valence-corrected chi connectivity index (χ0v) is 20.6. The summed E-state index contributed by atoms with van der Waals surface area (Å²) in [5.74, 6) is -0.537. The van der Waals surface area contributed by atoms with E-state index in [0.717, 1.165) is 0 Å². The molecule has 0 aliphatic heterocycles. The number of fused-ring (bicyclic) bond motifs is 1. The first kappa shape index (κ1) is 24.0. The van der Waals surface area contributed by atoms with Crippen molar-refractivity contribution >= 4 is 39.8 Å². The second-order valence-corrected chi connectivity index (χ2v) is 8.97. The van der Waals surface area contributed by atoms with E-state index in [9.17, 15) is 9.59 Å². The first-order valence-corrected chi connectivity index (χ1v) is 11.9. The van der Waals surface area contributed by atoms with Crippen LogP contribution in [0.2, 0.25) is 5.02 Å². The number of anilines is 2. The normalized spacial score (nSPS) is 11.8. The molecule has 2 heterocycles. The molecule has 37 heavy (non-hydrogen) atoms. The monoisotopic (exact) mass is 510 g/mol. The highest BCUT2D eigenvalue weighted by molar-refractivity contribution is 6.35. The molecule has 1 atom stereocenters. The smallest absolute Gasteiger partial charge is 0.274 e. The van der Waals surface area contributed by atoms with E-state index in [1.54, 1.807) is 41.8 Å². The highest BCUT2D eigenvalue weighted by Crippen LogP contribution is 2.26. The minimum absolute atomic E-state index is 0.0110. The highest BCUT2D eigenvalue weighted by atomic mass is 35.5. The Kier molecular flexibility index (Phi) is 6.33. The van der Waals surface area contributed by atoms with Crippen LogP contribution in [0.1, 0.15) is 29.1 Å². The molecule has 5 rings (SSSR count). The Morgan fingerprint density at radius 3 is 2.51 bits per heavy atom. The Hall–Kier alpha value is -4.69. The van der Waals surface area contributed by atoms with Crippen LogP contribution in [0.15, 0.2) is 89.9 Å². The summed E-state index contributed by atoms with van der Waals surface area (Å²) in [7, 11) is 0. The van der Waals surface area contributed by atoms with Crippen molar-refractivity contribution in [3.05, 3.63) is 112 Å². The largest absolute Gasteiger partial charge is 0.399 e. The van der Waals surface area contributed by atoms with Gasteiger partial charge < -0.3 is 16.8 Å². The summed E-state index contributed by atoms with van der Waals surface area (Å²) in [5.41, 5.74) is 14.5. The number of nitrogen functional groups attached to an aromatic ring is 2. The maximum absolute atomic E-state index is 13.6. The standard InChI is InChI=1S/C28H23ClN6O2/c1-16(33-27(36)25-26(31)32-15-22(34-25)17-7-5-9-19(30)13-17)23-14-18-8-6-12-21(29)24(18)28(37)35(23)20-10-3-2-4-11-20/h2-16H,30H2,1H3,(H2,31,32)(H,33,36)/t16-/m0/s1. The number of nitrogens with zero attached hydrogens (tertiary/aromatic N) is 3. The van der Waals surface area contributed by atoms with Crippen LogP contribution in [0.5, 0.6) is 0 Å². The Morgan fingerprint density at radius 2 is 1.76 bits per heavy atom. The number of hydrogen-bond donors (Lipinski definition) is 3. The number of benzene rings is 3. The fourth-order valence-corrected chi connectivity index (χ4v) is 4.51. The summed E-state index contributed by atoms with van der Waals surface area (Å²) in [5, 5.41) is 4.35. The molecule has 9 heteroatoms. The molecule has 5 aromatic rings. The lowest BCUT2D eigenvalue weighted by Crippen LogP contribution is -2.33. The predicted molar refractivity (Wildman–Crippen MR) is 147 cm³/mol. The molecule has 3 aromatic carbocycles. The number of amides is 1. The van der Waals surface area contributed by atoms with E-state index in [-0.39, 0.29) is 17.1 Å². The first-order chi connectivity index (χ1) is 17.8. The number of para-hydroxylation sites is 1. The molecule has 0 aliphatic rings. The summed E-state index contributed by atoms with van der Waals surface area (Å²) < 4.78 is 1.55. The van der Waals surface area contributed by atoms with Crippen LogP contribution in [-0.4, -0.2) is 20.4 Å². The third kappa shape index (κ3) is 4.62. The van der Waals surface area contributed by atoms with Gasteiger partial charge in [-0.3, -0.25) is 14.2 Å². The number of rotatable bonds is 5. The van der Waals surface area contributed by atoms with Crippen LogP contribution < -0.4 is 22.3 Å². The number of aromatic nitrogens is 3. The van der Waals surface area contributed by atoms with E-state index in [1.807, 2.05) is 48.5 Å². The third-order valence-electron chi connectivity index (χ3n) is 6.03. The van der Waals surface area contributed by atoms with E-state index in [0.29, 0.717) is 44.1 Å². The minimum atomic E-state index is -0.596. The van der Waals surface area contributed by atoms with Gasteiger partial charge in [-0.15, -0.1) is 0 Å². The number of carbonyl (C=O) groups is 1. The van der Waals surface area contributed by atoms with Crippen LogP contribution >= 0.6 is 11.6 Å². The molecule has 0 saturated carbocycles. The van der Waals surface area contributed by atoms with Gasteiger partial charge in [0.2, 0.25) is 0 Å². The SMILES string of the molecule is C[C@H](NC(=O)c1nc(-c2cccc(N)c2)cnc1N)c1cc2cccc(Cl)c2c(=O)n1-c1ccccc1. The Morgan fingerprint density at radius 1 is 1.00 bits per heavy atom. The van der Waals surface area contributed by atoms with Gasteiger partial charge in [0.1, 0.15) is 0 Å². The van der Waals surface area contributed by atoms with Gasteiger partial charge in [-0.2, -0.15) is 0 Å². The van der Waals surface area contributed by atoms with Gasteiger partial charge in [-0.1, -0.05) is 54.1 Å². The van der Waals surface area contributed by atoms with Gasteiger partial charge in [-0.25, -0.2) is 9.97 Å². The summed E-state index contributed by atoms with van der Waals surface area (Å²) in [6.07, 6.45) is 1.49. The van der Waals surface area contributed by atoms with Crippen molar-refractivity contribution in [1.29, 1.82) is 0 Å². The summed E-state index contributed by atoms with van der Waals surface area (Å²) in [4.78, 5) is 35.6. The number of nitrogens with two attached hydrogens (primary N) is 2. The maximum Gasteiger partial charge on any atom is 0.274 e. The van der Waals surface area contributed by atoms with Crippen LogP contribution in [-0.2, 0) is 0 Å². The Bertz CT molecular complexity index is 1700. The quantitative estimate of drug-likeness (QED) is 0.292. The lowest BCUT2D eigenvalue weighted by molar-refractivity contribution is 0.0934. The fraction of sp³-hybridized carbons (Fsp3) is 0.0714. The molecule has 0 fully saturated rings. The zero-order valence-electron chi connectivity index (χ0n) is 19.9. The second kappa shape index (κ2) is 9.75. The van der Waals surface area contributed by atoms with Crippen LogP contribution in [0.25, 0.3) is 27.7 Å². The van der Waals surface area contributed by atoms with Crippen molar-refractivity contribution in [2.75, 3.05) is 11.5 Å². The summed E-state index contributed by atoms with van der Waals surface area (Å²) >= 11 is 6.39. The molecule has 184 valence electrons. The average molecular weight is 511 g/mol. The van der Waals surface area contributed by atoms with Crippen molar-refractivity contribution in [2.24, 2.45) is 0 Å². The molecular weight excluding hydrogens is 488 g/mol. The Labute approximate surface area is 217 Å². The average Bonchev–Trinajstić information content (AvgIpc) is 2.89. The molecule has 0 saturated heterocycles. The van der Waals surface area contributed by atoms with Crippen molar-refractivity contribution in [1.82, 2.24) is 19.9 Å². The van der Waals surface area contributed by atoms with Crippen molar-refractivity contribution in [3.63, 3.8) is 0 Å². The molecule has 0 bridgehead atoms. The fourth-order valence-electron chi connectivity index (χ4n) is 4.24. The molecule has 0 aliphatic carbocycles. The number of nitrogens with one attached hydrogen (secondary N) is 1. The lowest BCUT2D eigenvalue weighted by atomic mass is 10.1. The van der Waals surface area contributed by atoms with Crippen LogP contribution in [0.3, 0.4) is 0 Å². The van der Waals surface area contributed by atoms with Crippen molar-refractivity contribution < 1.29 is 4.79 Å². The Balaban J connectivity index is 1.56.